The highest BCUT2D eigenvalue weighted by Crippen LogP contribution is 2.48. The van der Waals surface area contributed by atoms with Crippen LogP contribution < -0.4 is 10.6 Å². The zero-order valence-electron chi connectivity index (χ0n) is 13.6. The van der Waals surface area contributed by atoms with Gasteiger partial charge < -0.3 is 15.2 Å². The fourth-order valence-corrected chi connectivity index (χ4v) is 3.26. The molecule has 1 aromatic carbocycles. The summed E-state index contributed by atoms with van der Waals surface area (Å²) in [6, 6.07) is 10.8. The summed E-state index contributed by atoms with van der Waals surface area (Å²) in [6.45, 7) is 1.70. The Kier molecular flexibility index (Phi) is 4.76. The van der Waals surface area contributed by atoms with Crippen LogP contribution in [0.5, 0.6) is 0 Å². The van der Waals surface area contributed by atoms with Crippen LogP contribution in [0.3, 0.4) is 0 Å². The molecule has 1 heterocycles. The molecule has 0 radical (unpaired) electrons. The Balaban J connectivity index is 1.56. The lowest BCUT2D eigenvalue weighted by atomic mass is 9.96. The topological polar surface area (TPSA) is 41.4 Å². The van der Waals surface area contributed by atoms with Gasteiger partial charge in [0.1, 0.15) is 0 Å². The molecule has 1 aromatic heterocycles. The SMILES string of the molecule is CN=C(NCc1ccn(C)c1)NCC1(c2cccc(Br)c2)CC1. The number of hydrogen-bond acceptors (Lipinski definition) is 1. The Labute approximate surface area is 146 Å². The summed E-state index contributed by atoms with van der Waals surface area (Å²) in [5.41, 5.74) is 2.91. The van der Waals surface area contributed by atoms with E-state index >= 15 is 0 Å². The van der Waals surface area contributed by atoms with Crippen molar-refractivity contribution in [2.24, 2.45) is 12.0 Å². The standard InChI is InChI=1S/C18H23BrN4/c1-20-17(21-11-14-6-9-23(2)12-14)22-13-18(7-8-18)15-4-3-5-16(19)10-15/h3-6,9-10,12H,7-8,11,13H2,1-2H3,(H2,20,21,22). The third-order valence-electron chi connectivity index (χ3n) is 4.46. The van der Waals surface area contributed by atoms with Crippen molar-refractivity contribution in [3.63, 3.8) is 0 Å². The first-order valence-electron chi connectivity index (χ1n) is 7.93. The van der Waals surface area contributed by atoms with Crippen LogP contribution in [0.15, 0.2) is 52.2 Å². The molecule has 5 heteroatoms. The summed E-state index contributed by atoms with van der Waals surface area (Å²) < 4.78 is 3.20. The smallest absolute Gasteiger partial charge is 0.191 e. The molecule has 0 bridgehead atoms. The second-order valence-corrected chi connectivity index (χ2v) is 7.17. The number of nitrogens with zero attached hydrogens (tertiary/aromatic N) is 2. The highest BCUT2D eigenvalue weighted by atomic mass is 79.9. The van der Waals surface area contributed by atoms with E-state index in [2.05, 4.69) is 78.8 Å². The number of benzene rings is 1. The molecule has 4 nitrogen and oxygen atoms in total. The van der Waals surface area contributed by atoms with Gasteiger partial charge in [-0.2, -0.15) is 0 Å². The first-order chi connectivity index (χ1) is 11.1. The number of aryl methyl sites for hydroxylation is 1. The number of guanidine groups is 1. The molecule has 1 aliphatic carbocycles. The molecule has 0 atom stereocenters. The van der Waals surface area contributed by atoms with Gasteiger partial charge >= 0.3 is 0 Å². The molecule has 3 rings (SSSR count). The number of halogens is 1. The molecule has 2 N–H and O–H groups in total. The molecule has 0 unspecified atom stereocenters. The second-order valence-electron chi connectivity index (χ2n) is 6.26. The molecule has 0 spiro atoms. The van der Waals surface area contributed by atoms with Crippen LogP contribution in [0.4, 0.5) is 0 Å². The summed E-state index contributed by atoms with van der Waals surface area (Å²) in [6.07, 6.45) is 6.63. The largest absolute Gasteiger partial charge is 0.357 e. The van der Waals surface area contributed by atoms with Crippen molar-refractivity contribution >= 4 is 21.9 Å². The average molecular weight is 375 g/mol. The van der Waals surface area contributed by atoms with Crippen molar-refractivity contribution in [2.45, 2.75) is 24.8 Å². The van der Waals surface area contributed by atoms with Crippen molar-refractivity contribution in [3.05, 3.63) is 58.3 Å². The van der Waals surface area contributed by atoms with Crippen molar-refractivity contribution in [1.82, 2.24) is 15.2 Å². The van der Waals surface area contributed by atoms with Crippen LogP contribution >= 0.6 is 15.9 Å². The van der Waals surface area contributed by atoms with Crippen LogP contribution in [0.25, 0.3) is 0 Å². The monoisotopic (exact) mass is 374 g/mol. The lowest BCUT2D eigenvalue weighted by molar-refractivity contribution is 0.645. The van der Waals surface area contributed by atoms with Crippen molar-refractivity contribution in [3.8, 4) is 0 Å². The van der Waals surface area contributed by atoms with E-state index in [1.165, 1.54) is 24.0 Å². The summed E-state index contributed by atoms with van der Waals surface area (Å²) in [7, 11) is 3.85. The maximum Gasteiger partial charge on any atom is 0.191 e. The zero-order chi connectivity index (χ0) is 16.3. The molecular weight excluding hydrogens is 352 g/mol. The highest BCUT2D eigenvalue weighted by Gasteiger charge is 2.44. The third-order valence-corrected chi connectivity index (χ3v) is 4.95. The van der Waals surface area contributed by atoms with Gasteiger partial charge in [0.2, 0.25) is 0 Å². The minimum atomic E-state index is 0.258. The van der Waals surface area contributed by atoms with E-state index in [4.69, 9.17) is 0 Å². The number of aliphatic imine (C=N–C) groups is 1. The van der Waals surface area contributed by atoms with E-state index in [1.807, 2.05) is 14.1 Å². The van der Waals surface area contributed by atoms with Gasteiger partial charge in [-0.3, -0.25) is 4.99 Å². The van der Waals surface area contributed by atoms with Crippen LogP contribution in [-0.2, 0) is 19.0 Å². The molecular formula is C18H23BrN4. The fraction of sp³-hybridized carbons (Fsp3) is 0.389. The van der Waals surface area contributed by atoms with Crippen LogP contribution in [-0.4, -0.2) is 24.1 Å². The van der Waals surface area contributed by atoms with Gasteiger partial charge in [0.15, 0.2) is 5.96 Å². The van der Waals surface area contributed by atoms with E-state index in [1.54, 1.807) is 0 Å². The van der Waals surface area contributed by atoms with Gasteiger partial charge in [-0.1, -0.05) is 28.1 Å². The summed E-state index contributed by atoms with van der Waals surface area (Å²) in [5.74, 6) is 0.857. The Hall–Kier alpha value is -1.75. The quantitative estimate of drug-likeness (QED) is 0.623. The Bertz CT molecular complexity index is 701. The second kappa shape index (κ2) is 6.79. The Morgan fingerprint density at radius 1 is 1.30 bits per heavy atom. The minimum Gasteiger partial charge on any atom is -0.357 e. The van der Waals surface area contributed by atoms with Gasteiger partial charge in [-0.05, 0) is 42.2 Å². The van der Waals surface area contributed by atoms with Gasteiger partial charge in [0, 0.05) is 49.5 Å². The van der Waals surface area contributed by atoms with Crippen LogP contribution in [0, 0.1) is 0 Å². The molecule has 2 aromatic rings. The predicted octanol–water partition coefficient (Wildman–Crippen LogP) is 3.18. The summed E-state index contributed by atoms with van der Waals surface area (Å²) in [4.78, 5) is 4.33. The van der Waals surface area contributed by atoms with Crippen molar-refractivity contribution < 1.29 is 0 Å². The van der Waals surface area contributed by atoms with Gasteiger partial charge in [-0.25, -0.2) is 0 Å². The van der Waals surface area contributed by atoms with Gasteiger partial charge in [0.05, 0.1) is 0 Å². The van der Waals surface area contributed by atoms with E-state index in [0.29, 0.717) is 0 Å². The molecule has 122 valence electrons. The number of rotatable bonds is 5. The average Bonchev–Trinajstić information content (AvgIpc) is 3.23. The normalized spacial score (nSPS) is 16.2. The van der Waals surface area contributed by atoms with Crippen LogP contribution in [0.1, 0.15) is 24.0 Å². The lowest BCUT2D eigenvalue weighted by Crippen LogP contribution is -2.40. The maximum absolute atomic E-state index is 4.33. The number of aromatic nitrogens is 1. The van der Waals surface area contributed by atoms with Gasteiger partial charge in [-0.15, -0.1) is 0 Å². The van der Waals surface area contributed by atoms with Crippen LogP contribution in [0.2, 0.25) is 0 Å². The molecule has 0 saturated heterocycles. The highest BCUT2D eigenvalue weighted by molar-refractivity contribution is 9.10. The van der Waals surface area contributed by atoms with E-state index in [-0.39, 0.29) is 5.41 Å². The Morgan fingerprint density at radius 3 is 2.74 bits per heavy atom. The predicted molar refractivity (Wildman–Crippen MR) is 98.7 cm³/mol. The zero-order valence-corrected chi connectivity index (χ0v) is 15.2. The van der Waals surface area contributed by atoms with Crippen molar-refractivity contribution in [2.75, 3.05) is 13.6 Å². The number of hydrogen-bond donors (Lipinski definition) is 2. The molecule has 1 saturated carbocycles. The Morgan fingerprint density at radius 2 is 2.13 bits per heavy atom. The molecule has 0 aliphatic heterocycles. The third kappa shape index (κ3) is 3.96. The summed E-state index contributed by atoms with van der Waals surface area (Å²) >= 11 is 3.57. The van der Waals surface area contributed by atoms with E-state index in [0.717, 1.165) is 23.5 Å². The molecule has 1 fully saturated rings. The lowest BCUT2D eigenvalue weighted by Gasteiger charge is -2.19. The first kappa shape index (κ1) is 16.1. The molecule has 0 amide bonds. The fourth-order valence-electron chi connectivity index (χ4n) is 2.86. The van der Waals surface area contributed by atoms with Crippen molar-refractivity contribution in [1.29, 1.82) is 0 Å². The van der Waals surface area contributed by atoms with E-state index < -0.39 is 0 Å². The van der Waals surface area contributed by atoms with E-state index in [9.17, 15) is 0 Å². The molecule has 23 heavy (non-hydrogen) atoms. The maximum atomic E-state index is 4.33. The van der Waals surface area contributed by atoms with Gasteiger partial charge in [0.25, 0.3) is 0 Å². The summed E-state index contributed by atoms with van der Waals surface area (Å²) in [5, 5.41) is 6.86. The minimum absolute atomic E-state index is 0.258. The number of nitrogens with one attached hydrogen (secondary N) is 2. The first-order valence-corrected chi connectivity index (χ1v) is 8.72. The molecule has 1 aliphatic rings.